The first kappa shape index (κ1) is 12.1. The minimum Gasteiger partial charge on any atom is -0.354 e. The number of thiophene rings is 1. The number of nitrogens with one attached hydrogen (secondary N) is 1. The van der Waals surface area contributed by atoms with Crippen molar-refractivity contribution in [2.24, 2.45) is 5.84 Å². The monoisotopic (exact) mass is 269 g/mol. The number of nitrogen functional groups attached to an aromatic ring is 1. The van der Waals surface area contributed by atoms with E-state index in [0.29, 0.717) is 16.8 Å². The van der Waals surface area contributed by atoms with E-state index in [9.17, 15) is 0 Å². The van der Waals surface area contributed by atoms with Crippen LogP contribution in [0.3, 0.4) is 0 Å². The van der Waals surface area contributed by atoms with Crippen molar-refractivity contribution in [2.45, 2.75) is 6.54 Å². The van der Waals surface area contributed by atoms with Crippen molar-refractivity contribution in [3.05, 3.63) is 33.6 Å². The van der Waals surface area contributed by atoms with Crippen LogP contribution < -0.4 is 16.2 Å². The predicted molar refractivity (Wildman–Crippen MR) is 71.3 cm³/mol. The molecule has 0 bridgehead atoms. The molecule has 0 aliphatic carbocycles. The van der Waals surface area contributed by atoms with Crippen molar-refractivity contribution in [3.8, 4) is 0 Å². The summed E-state index contributed by atoms with van der Waals surface area (Å²) in [5, 5.41) is 4.63. The number of nitrogens with two attached hydrogens (primary N) is 1. The zero-order valence-electron chi connectivity index (χ0n) is 9.22. The van der Waals surface area contributed by atoms with Crippen LogP contribution in [0.1, 0.15) is 5.56 Å². The average Bonchev–Trinajstić information content (AvgIpc) is 2.82. The Labute approximate surface area is 108 Å². The molecule has 0 fully saturated rings. The van der Waals surface area contributed by atoms with E-state index in [-0.39, 0.29) is 0 Å². The normalized spacial score (nSPS) is 10.3. The molecule has 0 aliphatic heterocycles. The van der Waals surface area contributed by atoms with E-state index >= 15 is 0 Å². The van der Waals surface area contributed by atoms with Gasteiger partial charge in [-0.25, -0.2) is 10.8 Å². The summed E-state index contributed by atoms with van der Waals surface area (Å²) >= 11 is 7.72. The molecule has 2 aromatic rings. The van der Waals surface area contributed by atoms with Gasteiger partial charge in [0, 0.05) is 13.6 Å². The van der Waals surface area contributed by atoms with Crippen molar-refractivity contribution in [3.63, 3.8) is 0 Å². The molecule has 0 saturated heterocycles. The molecule has 0 atom stereocenters. The highest BCUT2D eigenvalue weighted by atomic mass is 35.5. The van der Waals surface area contributed by atoms with Gasteiger partial charge in [0.2, 0.25) is 5.95 Å². The number of nitrogens with zero attached hydrogens (tertiary/aromatic N) is 3. The largest absolute Gasteiger partial charge is 0.354 e. The molecule has 0 amide bonds. The Hall–Kier alpha value is -1.37. The third-order valence-electron chi connectivity index (χ3n) is 2.22. The van der Waals surface area contributed by atoms with Crippen molar-refractivity contribution < 1.29 is 0 Å². The maximum atomic E-state index is 6.06. The Bertz CT molecular complexity index is 487. The quantitative estimate of drug-likeness (QED) is 0.657. The molecule has 2 rings (SSSR count). The zero-order chi connectivity index (χ0) is 12.3. The van der Waals surface area contributed by atoms with Gasteiger partial charge < -0.3 is 4.90 Å². The molecular weight excluding hydrogens is 258 g/mol. The molecule has 0 aromatic carbocycles. The second-order valence-electron chi connectivity index (χ2n) is 3.50. The van der Waals surface area contributed by atoms with Crippen molar-refractivity contribution >= 4 is 34.7 Å². The second-order valence-corrected chi connectivity index (χ2v) is 4.68. The Balaban J connectivity index is 2.20. The molecule has 0 unspecified atom stereocenters. The van der Waals surface area contributed by atoms with Crippen LogP contribution in [0.4, 0.5) is 11.8 Å². The van der Waals surface area contributed by atoms with E-state index in [1.807, 2.05) is 17.3 Å². The highest BCUT2D eigenvalue weighted by Gasteiger charge is 2.10. The van der Waals surface area contributed by atoms with Gasteiger partial charge in [-0.3, -0.25) is 5.43 Å². The fourth-order valence-electron chi connectivity index (χ4n) is 1.43. The van der Waals surface area contributed by atoms with Gasteiger partial charge in [0.05, 0.1) is 6.20 Å². The van der Waals surface area contributed by atoms with E-state index in [2.05, 4.69) is 26.8 Å². The highest BCUT2D eigenvalue weighted by Crippen LogP contribution is 2.24. The first-order valence-electron chi connectivity index (χ1n) is 4.92. The molecule has 90 valence electrons. The van der Waals surface area contributed by atoms with E-state index in [0.717, 1.165) is 6.54 Å². The lowest BCUT2D eigenvalue weighted by Gasteiger charge is -2.18. The SMILES string of the molecule is CN(Cc1ccsc1)c1nc(NN)ncc1Cl. The van der Waals surface area contributed by atoms with Gasteiger partial charge in [0.15, 0.2) is 5.82 Å². The summed E-state index contributed by atoms with van der Waals surface area (Å²) in [6.45, 7) is 0.740. The lowest BCUT2D eigenvalue weighted by Crippen LogP contribution is -2.19. The molecule has 0 spiro atoms. The van der Waals surface area contributed by atoms with Crippen LogP contribution >= 0.6 is 22.9 Å². The number of hydrogen-bond acceptors (Lipinski definition) is 6. The number of hydrazine groups is 1. The van der Waals surface area contributed by atoms with Crippen LogP contribution in [0.2, 0.25) is 5.02 Å². The van der Waals surface area contributed by atoms with Gasteiger partial charge in [-0.1, -0.05) is 11.6 Å². The standard InChI is InChI=1S/C10H12ClN5S/c1-16(5-7-2-3-17-6-7)9-8(11)4-13-10(14-9)15-12/h2-4,6H,5,12H2,1H3,(H,13,14,15). The predicted octanol–water partition coefficient (Wildman–Crippen LogP) is 2.11. The minimum atomic E-state index is 0.349. The molecule has 5 nitrogen and oxygen atoms in total. The van der Waals surface area contributed by atoms with Crippen LogP contribution in [-0.4, -0.2) is 17.0 Å². The lowest BCUT2D eigenvalue weighted by molar-refractivity contribution is 0.894. The first-order chi connectivity index (χ1) is 8.20. The first-order valence-corrected chi connectivity index (χ1v) is 6.24. The lowest BCUT2D eigenvalue weighted by atomic mass is 10.3. The smallest absolute Gasteiger partial charge is 0.239 e. The van der Waals surface area contributed by atoms with Gasteiger partial charge in [0.1, 0.15) is 5.02 Å². The van der Waals surface area contributed by atoms with Gasteiger partial charge in [-0.15, -0.1) is 0 Å². The number of aromatic nitrogens is 2. The molecule has 0 radical (unpaired) electrons. The number of halogens is 1. The summed E-state index contributed by atoms with van der Waals surface area (Å²) in [5.74, 6) is 6.27. The van der Waals surface area contributed by atoms with E-state index < -0.39 is 0 Å². The van der Waals surface area contributed by atoms with Crippen LogP contribution in [-0.2, 0) is 6.54 Å². The molecule has 3 N–H and O–H groups in total. The maximum Gasteiger partial charge on any atom is 0.239 e. The van der Waals surface area contributed by atoms with Crippen molar-refractivity contribution in [2.75, 3.05) is 17.4 Å². The van der Waals surface area contributed by atoms with Crippen LogP contribution in [0.25, 0.3) is 0 Å². The maximum absolute atomic E-state index is 6.06. The third kappa shape index (κ3) is 2.85. The molecule has 0 saturated carbocycles. The Morgan fingerprint density at radius 3 is 3.06 bits per heavy atom. The Morgan fingerprint density at radius 2 is 2.41 bits per heavy atom. The summed E-state index contributed by atoms with van der Waals surface area (Å²) in [6, 6.07) is 2.07. The molecule has 7 heteroatoms. The van der Waals surface area contributed by atoms with Gasteiger partial charge in [-0.2, -0.15) is 16.3 Å². The highest BCUT2D eigenvalue weighted by molar-refractivity contribution is 7.07. The van der Waals surface area contributed by atoms with Crippen molar-refractivity contribution in [1.82, 2.24) is 9.97 Å². The summed E-state index contributed by atoms with van der Waals surface area (Å²) in [4.78, 5) is 10.1. The van der Waals surface area contributed by atoms with Gasteiger partial charge >= 0.3 is 0 Å². The Morgan fingerprint density at radius 1 is 1.59 bits per heavy atom. The summed E-state index contributed by atoms with van der Waals surface area (Å²) in [6.07, 6.45) is 1.53. The molecule has 17 heavy (non-hydrogen) atoms. The fourth-order valence-corrected chi connectivity index (χ4v) is 2.32. The zero-order valence-corrected chi connectivity index (χ0v) is 10.8. The Kier molecular flexibility index (Phi) is 3.78. The molecule has 0 aliphatic rings. The molecular formula is C10H12ClN5S. The summed E-state index contributed by atoms with van der Waals surface area (Å²) < 4.78 is 0. The number of anilines is 2. The van der Waals surface area contributed by atoms with Crippen LogP contribution in [0.15, 0.2) is 23.0 Å². The van der Waals surface area contributed by atoms with Crippen LogP contribution in [0, 0.1) is 0 Å². The fraction of sp³-hybridized carbons (Fsp3) is 0.200. The van der Waals surface area contributed by atoms with Crippen LogP contribution in [0.5, 0.6) is 0 Å². The van der Waals surface area contributed by atoms with E-state index in [1.54, 1.807) is 11.3 Å². The number of hydrogen-bond donors (Lipinski definition) is 2. The minimum absolute atomic E-state index is 0.349. The van der Waals surface area contributed by atoms with E-state index in [1.165, 1.54) is 11.8 Å². The second kappa shape index (κ2) is 5.31. The number of rotatable bonds is 4. The topological polar surface area (TPSA) is 67.1 Å². The summed E-state index contributed by atoms with van der Waals surface area (Å²) in [5.41, 5.74) is 3.62. The van der Waals surface area contributed by atoms with Crippen molar-refractivity contribution in [1.29, 1.82) is 0 Å². The average molecular weight is 270 g/mol. The third-order valence-corrected chi connectivity index (χ3v) is 3.21. The van der Waals surface area contributed by atoms with Gasteiger partial charge in [-0.05, 0) is 22.4 Å². The van der Waals surface area contributed by atoms with E-state index in [4.69, 9.17) is 17.4 Å². The van der Waals surface area contributed by atoms with Gasteiger partial charge in [0.25, 0.3) is 0 Å². The summed E-state index contributed by atoms with van der Waals surface area (Å²) in [7, 11) is 1.92. The molecule has 2 aromatic heterocycles. The molecule has 2 heterocycles.